The average Bonchev–Trinajstić information content (AvgIpc) is 2.35. The van der Waals surface area contributed by atoms with Gasteiger partial charge in [0.05, 0.1) is 4.92 Å². The van der Waals surface area contributed by atoms with Gasteiger partial charge in [-0.2, -0.15) is 5.26 Å². The van der Waals surface area contributed by atoms with Gasteiger partial charge in [0.1, 0.15) is 17.4 Å². The van der Waals surface area contributed by atoms with Crippen LogP contribution in [0.5, 0.6) is 5.75 Å². The molecule has 0 aromatic heterocycles. The standard InChI is InChI=1S/C11H10N2O5/c1-2-7(6-12)18-8-3-4-10(13(16)17)9(5-8)11(14)15/h3-5,7H,2H2,1H3,(H,14,15). The normalized spacial score (nSPS) is 11.3. The Kier molecular flexibility index (Phi) is 4.21. The molecule has 1 aromatic carbocycles. The molecule has 1 rings (SSSR count). The molecule has 0 aliphatic rings. The van der Waals surface area contributed by atoms with Crippen LogP contribution in [0.25, 0.3) is 0 Å². The molecule has 18 heavy (non-hydrogen) atoms. The van der Waals surface area contributed by atoms with E-state index in [1.54, 1.807) is 6.92 Å². The maximum absolute atomic E-state index is 10.9. The lowest BCUT2D eigenvalue weighted by Gasteiger charge is -2.10. The van der Waals surface area contributed by atoms with Crippen LogP contribution in [0.3, 0.4) is 0 Å². The second kappa shape index (κ2) is 5.63. The van der Waals surface area contributed by atoms with Crippen molar-refractivity contribution in [2.75, 3.05) is 0 Å². The summed E-state index contributed by atoms with van der Waals surface area (Å²) in [5, 5.41) is 28.2. The Bertz CT molecular complexity index is 521. The van der Waals surface area contributed by atoms with Crippen LogP contribution >= 0.6 is 0 Å². The van der Waals surface area contributed by atoms with E-state index in [0.29, 0.717) is 6.42 Å². The highest BCUT2D eigenvalue weighted by molar-refractivity contribution is 5.92. The number of aromatic carboxylic acids is 1. The molecule has 1 atom stereocenters. The molecule has 7 heteroatoms. The molecule has 0 fully saturated rings. The number of nitrogens with zero attached hydrogens (tertiary/aromatic N) is 2. The van der Waals surface area contributed by atoms with Gasteiger partial charge in [0.25, 0.3) is 5.69 Å². The molecule has 1 unspecified atom stereocenters. The van der Waals surface area contributed by atoms with Crippen molar-refractivity contribution in [3.05, 3.63) is 33.9 Å². The first kappa shape index (κ1) is 13.4. The smallest absolute Gasteiger partial charge is 0.342 e. The van der Waals surface area contributed by atoms with Crippen LogP contribution in [0.15, 0.2) is 18.2 Å². The molecule has 0 aliphatic carbocycles. The molecule has 0 aliphatic heterocycles. The van der Waals surface area contributed by atoms with Gasteiger partial charge in [0.15, 0.2) is 6.10 Å². The van der Waals surface area contributed by atoms with Gasteiger partial charge >= 0.3 is 5.97 Å². The summed E-state index contributed by atoms with van der Waals surface area (Å²) in [6, 6.07) is 5.24. The lowest BCUT2D eigenvalue weighted by Crippen LogP contribution is -2.13. The van der Waals surface area contributed by atoms with Gasteiger partial charge in [-0.25, -0.2) is 4.79 Å². The number of nitro benzene ring substituents is 1. The summed E-state index contributed by atoms with van der Waals surface area (Å²) >= 11 is 0. The van der Waals surface area contributed by atoms with Crippen molar-refractivity contribution in [2.45, 2.75) is 19.4 Å². The first-order valence-electron chi connectivity index (χ1n) is 5.07. The zero-order valence-corrected chi connectivity index (χ0v) is 9.49. The topological polar surface area (TPSA) is 113 Å². The number of ether oxygens (including phenoxy) is 1. The van der Waals surface area contributed by atoms with Crippen molar-refractivity contribution < 1.29 is 19.6 Å². The maximum atomic E-state index is 10.9. The fraction of sp³-hybridized carbons (Fsp3) is 0.273. The zero-order valence-electron chi connectivity index (χ0n) is 9.49. The Morgan fingerprint density at radius 2 is 2.33 bits per heavy atom. The first-order chi connectivity index (χ1) is 8.49. The predicted octanol–water partition coefficient (Wildman–Crippen LogP) is 1.97. The minimum Gasteiger partial charge on any atom is -0.477 e. The number of nitro groups is 1. The summed E-state index contributed by atoms with van der Waals surface area (Å²) in [5.41, 5.74) is -0.981. The van der Waals surface area contributed by atoms with Gasteiger partial charge in [-0.05, 0) is 12.5 Å². The third-order valence-electron chi connectivity index (χ3n) is 2.19. The van der Waals surface area contributed by atoms with Gasteiger partial charge in [0, 0.05) is 12.1 Å². The molecule has 0 bridgehead atoms. The third-order valence-corrected chi connectivity index (χ3v) is 2.19. The Morgan fingerprint density at radius 3 is 2.78 bits per heavy atom. The van der Waals surface area contributed by atoms with E-state index >= 15 is 0 Å². The van der Waals surface area contributed by atoms with E-state index < -0.39 is 28.2 Å². The summed E-state index contributed by atoms with van der Waals surface area (Å²) in [7, 11) is 0. The number of nitriles is 1. The minimum atomic E-state index is -1.42. The van der Waals surface area contributed by atoms with E-state index in [0.717, 1.165) is 12.1 Å². The second-order valence-electron chi connectivity index (χ2n) is 3.39. The fourth-order valence-electron chi connectivity index (χ4n) is 1.28. The van der Waals surface area contributed by atoms with E-state index in [1.807, 2.05) is 6.07 Å². The summed E-state index contributed by atoms with van der Waals surface area (Å²) in [5.74, 6) is -1.30. The van der Waals surface area contributed by atoms with Crippen molar-refractivity contribution in [3.8, 4) is 11.8 Å². The number of hydrogen-bond donors (Lipinski definition) is 1. The van der Waals surface area contributed by atoms with Crippen molar-refractivity contribution in [2.24, 2.45) is 0 Å². The highest BCUT2D eigenvalue weighted by atomic mass is 16.6. The number of carboxylic acid groups (broad SMARTS) is 1. The number of hydrogen-bond acceptors (Lipinski definition) is 5. The van der Waals surface area contributed by atoms with Crippen LogP contribution in [-0.4, -0.2) is 22.1 Å². The molecule has 1 N–H and O–H groups in total. The number of carbonyl (C=O) groups is 1. The highest BCUT2D eigenvalue weighted by Crippen LogP contribution is 2.25. The molecule has 0 heterocycles. The Labute approximate surface area is 102 Å². The second-order valence-corrected chi connectivity index (χ2v) is 3.39. The maximum Gasteiger partial charge on any atom is 0.342 e. The summed E-state index contributed by atoms with van der Waals surface area (Å²) in [6.07, 6.45) is -0.288. The van der Waals surface area contributed by atoms with Crippen LogP contribution in [-0.2, 0) is 0 Å². The summed E-state index contributed by atoms with van der Waals surface area (Å²) < 4.78 is 5.19. The number of benzene rings is 1. The monoisotopic (exact) mass is 250 g/mol. The number of rotatable bonds is 5. The molecular formula is C11H10N2O5. The SMILES string of the molecule is CCC(C#N)Oc1ccc([N+](=O)[O-])c(C(=O)O)c1. The number of carboxylic acids is 1. The molecule has 0 spiro atoms. The van der Waals surface area contributed by atoms with Crippen LogP contribution in [0, 0.1) is 21.4 Å². The van der Waals surface area contributed by atoms with Crippen LogP contribution in [0.4, 0.5) is 5.69 Å². The van der Waals surface area contributed by atoms with Gasteiger partial charge in [-0.1, -0.05) is 6.92 Å². The fourth-order valence-corrected chi connectivity index (χ4v) is 1.28. The van der Waals surface area contributed by atoms with Gasteiger partial charge in [-0.15, -0.1) is 0 Å². The van der Waals surface area contributed by atoms with E-state index in [9.17, 15) is 14.9 Å². The van der Waals surface area contributed by atoms with Crippen LogP contribution in [0.2, 0.25) is 0 Å². The molecule has 0 saturated heterocycles. The van der Waals surface area contributed by atoms with Crippen molar-refractivity contribution in [1.82, 2.24) is 0 Å². The lowest BCUT2D eigenvalue weighted by atomic mass is 10.1. The predicted molar refractivity (Wildman–Crippen MR) is 60.4 cm³/mol. The van der Waals surface area contributed by atoms with E-state index in [4.69, 9.17) is 15.1 Å². The van der Waals surface area contributed by atoms with Crippen molar-refractivity contribution in [1.29, 1.82) is 5.26 Å². The summed E-state index contributed by atoms with van der Waals surface area (Å²) in [4.78, 5) is 20.7. The molecule has 1 aromatic rings. The Hall–Kier alpha value is -2.62. The van der Waals surface area contributed by atoms with E-state index in [1.165, 1.54) is 6.07 Å². The highest BCUT2D eigenvalue weighted by Gasteiger charge is 2.21. The molecular weight excluding hydrogens is 240 g/mol. The quantitative estimate of drug-likeness (QED) is 0.631. The Balaban J connectivity index is 3.12. The molecule has 0 amide bonds. The molecule has 7 nitrogen and oxygen atoms in total. The van der Waals surface area contributed by atoms with Crippen LogP contribution in [0.1, 0.15) is 23.7 Å². The Morgan fingerprint density at radius 1 is 1.67 bits per heavy atom. The molecule has 0 saturated carbocycles. The molecule has 94 valence electrons. The van der Waals surface area contributed by atoms with Gasteiger partial charge in [-0.3, -0.25) is 10.1 Å². The zero-order chi connectivity index (χ0) is 13.7. The largest absolute Gasteiger partial charge is 0.477 e. The van der Waals surface area contributed by atoms with E-state index in [2.05, 4.69) is 0 Å². The van der Waals surface area contributed by atoms with Crippen molar-refractivity contribution >= 4 is 11.7 Å². The minimum absolute atomic E-state index is 0.117. The third kappa shape index (κ3) is 2.95. The molecule has 0 radical (unpaired) electrons. The average molecular weight is 250 g/mol. The van der Waals surface area contributed by atoms with Gasteiger partial charge in [0.2, 0.25) is 0 Å². The van der Waals surface area contributed by atoms with Crippen molar-refractivity contribution in [3.63, 3.8) is 0 Å². The first-order valence-corrected chi connectivity index (χ1v) is 5.07. The van der Waals surface area contributed by atoms with Crippen LogP contribution < -0.4 is 4.74 Å². The van der Waals surface area contributed by atoms with Gasteiger partial charge < -0.3 is 9.84 Å². The van der Waals surface area contributed by atoms with E-state index in [-0.39, 0.29) is 5.75 Å². The summed E-state index contributed by atoms with van der Waals surface area (Å²) in [6.45, 7) is 1.73. The lowest BCUT2D eigenvalue weighted by molar-refractivity contribution is -0.385.